The smallest absolute Gasteiger partial charge is 0.362 e. The summed E-state index contributed by atoms with van der Waals surface area (Å²) >= 11 is 1.20. The summed E-state index contributed by atoms with van der Waals surface area (Å²) in [5.41, 5.74) is 6.21. The van der Waals surface area contributed by atoms with Crippen LogP contribution in [-0.4, -0.2) is 21.7 Å². The second-order valence-corrected chi connectivity index (χ2v) is 8.53. The zero-order chi connectivity index (χ0) is 23.4. The number of thioether (sulfide) groups is 1. The van der Waals surface area contributed by atoms with Gasteiger partial charge in [0, 0.05) is 32.8 Å². The van der Waals surface area contributed by atoms with Gasteiger partial charge >= 0.3 is 5.63 Å². The summed E-state index contributed by atoms with van der Waals surface area (Å²) in [5.74, 6) is -1.73. The maximum Gasteiger partial charge on any atom is 0.362 e. The summed E-state index contributed by atoms with van der Waals surface area (Å²) in [5, 5.41) is 1.74. The van der Waals surface area contributed by atoms with E-state index in [0.717, 1.165) is 0 Å². The van der Waals surface area contributed by atoms with Gasteiger partial charge in [0.15, 0.2) is 0 Å². The molecule has 5 rings (SSSR count). The number of hydrogen-bond donors (Lipinski definition) is 1. The quantitative estimate of drug-likeness (QED) is 0.387. The van der Waals surface area contributed by atoms with Gasteiger partial charge in [0.25, 0.3) is 0 Å². The highest BCUT2D eigenvalue weighted by atomic mass is 32.2. The van der Waals surface area contributed by atoms with Crippen LogP contribution in [0, 0.1) is 18.6 Å². The lowest BCUT2D eigenvalue weighted by atomic mass is 10.1. The lowest BCUT2D eigenvalue weighted by Crippen LogP contribution is -2.15. The summed E-state index contributed by atoms with van der Waals surface area (Å²) in [6.07, 6.45) is 3.22. The van der Waals surface area contributed by atoms with Gasteiger partial charge in [-0.1, -0.05) is 0 Å². The molecule has 3 heterocycles. The SMILES string of the molecule is CSc1cc(F)c(Cn2c3cc(F)c(C)cc3c3c4cccnc4oc(=O)c32)cc1C(N)=O. The number of carbonyl (C=O) groups excluding carboxylic acids is 1. The Bertz CT molecular complexity index is 1670. The van der Waals surface area contributed by atoms with E-state index in [1.807, 2.05) is 0 Å². The molecule has 0 atom stereocenters. The van der Waals surface area contributed by atoms with Crippen LogP contribution in [0.15, 0.2) is 56.7 Å². The van der Waals surface area contributed by atoms with Crippen molar-refractivity contribution in [2.24, 2.45) is 5.73 Å². The molecule has 0 saturated carbocycles. The number of aryl methyl sites for hydroxylation is 1. The van der Waals surface area contributed by atoms with E-state index in [0.29, 0.717) is 32.1 Å². The lowest BCUT2D eigenvalue weighted by molar-refractivity contribution is 0.0997. The van der Waals surface area contributed by atoms with Crippen molar-refractivity contribution < 1.29 is 18.0 Å². The van der Waals surface area contributed by atoms with Gasteiger partial charge in [-0.05, 0) is 55.1 Å². The Morgan fingerprint density at radius 1 is 1.18 bits per heavy atom. The van der Waals surface area contributed by atoms with Gasteiger partial charge in [0.2, 0.25) is 11.6 Å². The second-order valence-electron chi connectivity index (χ2n) is 7.68. The predicted octanol–water partition coefficient (Wildman–Crippen LogP) is 4.75. The van der Waals surface area contributed by atoms with E-state index in [1.54, 1.807) is 31.4 Å². The number of aromatic nitrogens is 2. The molecule has 5 aromatic rings. The molecular weight excluding hydrogens is 448 g/mol. The van der Waals surface area contributed by atoms with Crippen LogP contribution in [0.25, 0.3) is 32.9 Å². The predicted molar refractivity (Wildman–Crippen MR) is 124 cm³/mol. The highest BCUT2D eigenvalue weighted by Crippen LogP contribution is 2.35. The van der Waals surface area contributed by atoms with Crippen molar-refractivity contribution in [3.63, 3.8) is 0 Å². The number of nitrogens with zero attached hydrogens (tertiary/aromatic N) is 2. The molecule has 0 saturated heterocycles. The second kappa shape index (κ2) is 7.70. The van der Waals surface area contributed by atoms with Crippen molar-refractivity contribution >= 4 is 50.6 Å². The van der Waals surface area contributed by atoms with Crippen LogP contribution >= 0.6 is 11.8 Å². The van der Waals surface area contributed by atoms with E-state index in [1.165, 1.54) is 40.7 Å². The van der Waals surface area contributed by atoms with Gasteiger partial charge in [-0.2, -0.15) is 0 Å². The molecule has 0 aliphatic rings. The van der Waals surface area contributed by atoms with Crippen LogP contribution in [0.1, 0.15) is 21.5 Å². The van der Waals surface area contributed by atoms with Crippen LogP contribution in [0.2, 0.25) is 0 Å². The van der Waals surface area contributed by atoms with E-state index in [-0.39, 0.29) is 28.9 Å². The number of nitrogens with two attached hydrogens (primary N) is 1. The number of amides is 1. The third kappa shape index (κ3) is 3.27. The summed E-state index contributed by atoms with van der Waals surface area (Å²) < 4.78 is 36.5. The van der Waals surface area contributed by atoms with Crippen molar-refractivity contribution in [1.82, 2.24) is 9.55 Å². The third-order valence-electron chi connectivity index (χ3n) is 5.73. The van der Waals surface area contributed by atoms with E-state index >= 15 is 4.39 Å². The monoisotopic (exact) mass is 465 g/mol. The topological polar surface area (TPSA) is 91.1 Å². The van der Waals surface area contributed by atoms with Crippen LogP contribution < -0.4 is 11.4 Å². The summed E-state index contributed by atoms with van der Waals surface area (Å²) in [7, 11) is 0. The van der Waals surface area contributed by atoms with Crippen molar-refractivity contribution in [2.45, 2.75) is 18.4 Å². The molecule has 0 aliphatic heterocycles. The number of hydrogen-bond acceptors (Lipinski definition) is 5. The summed E-state index contributed by atoms with van der Waals surface area (Å²) in [6, 6.07) is 9.04. The molecule has 0 radical (unpaired) electrons. The van der Waals surface area contributed by atoms with Gasteiger partial charge in [-0.3, -0.25) is 4.79 Å². The average molecular weight is 465 g/mol. The highest BCUT2D eigenvalue weighted by molar-refractivity contribution is 7.98. The zero-order valence-corrected chi connectivity index (χ0v) is 18.4. The molecular formula is C24H17F2N3O3S. The Kier molecular flexibility index (Phi) is 4.93. The molecule has 2 N–H and O–H groups in total. The number of pyridine rings is 1. The molecule has 0 bridgehead atoms. The van der Waals surface area contributed by atoms with Crippen LogP contribution in [0.3, 0.4) is 0 Å². The first-order valence-corrected chi connectivity index (χ1v) is 11.2. The number of primary amides is 1. The van der Waals surface area contributed by atoms with Crippen LogP contribution in [0.5, 0.6) is 0 Å². The fourth-order valence-corrected chi connectivity index (χ4v) is 4.78. The first-order valence-electron chi connectivity index (χ1n) is 9.96. The Hall–Kier alpha value is -3.72. The van der Waals surface area contributed by atoms with Crippen molar-refractivity contribution in [3.8, 4) is 0 Å². The maximum absolute atomic E-state index is 15.0. The van der Waals surface area contributed by atoms with E-state index in [4.69, 9.17) is 10.2 Å². The normalized spacial score (nSPS) is 11.6. The number of rotatable bonds is 4. The molecule has 1 amide bonds. The summed E-state index contributed by atoms with van der Waals surface area (Å²) in [6.45, 7) is 1.49. The van der Waals surface area contributed by atoms with Gasteiger partial charge < -0.3 is 14.7 Å². The molecule has 6 nitrogen and oxygen atoms in total. The van der Waals surface area contributed by atoms with Gasteiger partial charge in [-0.15, -0.1) is 11.8 Å². The van der Waals surface area contributed by atoms with Gasteiger partial charge in [0.05, 0.1) is 17.6 Å². The van der Waals surface area contributed by atoms with E-state index in [2.05, 4.69) is 4.98 Å². The lowest BCUT2D eigenvalue weighted by Gasteiger charge is -2.12. The number of benzene rings is 2. The van der Waals surface area contributed by atoms with Crippen LogP contribution in [0.4, 0.5) is 8.78 Å². The Morgan fingerprint density at radius 3 is 2.70 bits per heavy atom. The van der Waals surface area contributed by atoms with Crippen molar-refractivity contribution in [1.29, 1.82) is 0 Å². The standard InChI is InChI=1S/C24H17F2N3O3S/c1-11-6-14-18(8-16(11)25)29(10-12-7-15(22(27)30)19(33-2)9-17(12)26)21-20(14)13-4-3-5-28-23(13)32-24(21)31/h3-9H,10H2,1-2H3,(H2,27,30). The molecule has 0 fully saturated rings. The first kappa shape index (κ1) is 21.1. The van der Waals surface area contributed by atoms with E-state index < -0.39 is 23.2 Å². The Balaban J connectivity index is 1.88. The third-order valence-corrected chi connectivity index (χ3v) is 6.51. The largest absolute Gasteiger partial charge is 0.402 e. The van der Waals surface area contributed by atoms with E-state index in [9.17, 15) is 14.0 Å². The molecule has 0 unspecified atom stereocenters. The first-order chi connectivity index (χ1) is 15.8. The minimum absolute atomic E-state index is 0.132. The molecule has 33 heavy (non-hydrogen) atoms. The molecule has 0 spiro atoms. The molecule has 2 aromatic carbocycles. The highest BCUT2D eigenvalue weighted by Gasteiger charge is 2.22. The minimum Gasteiger partial charge on any atom is -0.402 e. The number of halogens is 2. The molecule has 0 aliphatic carbocycles. The molecule has 9 heteroatoms. The van der Waals surface area contributed by atoms with Crippen LogP contribution in [-0.2, 0) is 6.54 Å². The van der Waals surface area contributed by atoms with Crippen molar-refractivity contribution in [3.05, 3.63) is 81.3 Å². The molecule has 3 aromatic heterocycles. The fourth-order valence-electron chi connectivity index (χ4n) is 4.18. The zero-order valence-electron chi connectivity index (χ0n) is 17.6. The fraction of sp³-hybridized carbons (Fsp3) is 0.125. The average Bonchev–Trinajstić information content (AvgIpc) is 3.09. The van der Waals surface area contributed by atoms with Crippen molar-refractivity contribution in [2.75, 3.05) is 6.26 Å². The Morgan fingerprint density at radius 2 is 1.97 bits per heavy atom. The van der Waals surface area contributed by atoms with Gasteiger partial charge in [0.1, 0.15) is 17.2 Å². The number of carbonyl (C=O) groups is 1. The van der Waals surface area contributed by atoms with Gasteiger partial charge in [-0.25, -0.2) is 18.6 Å². The maximum atomic E-state index is 15.0. The minimum atomic E-state index is -0.693. The molecule has 166 valence electrons. The summed E-state index contributed by atoms with van der Waals surface area (Å²) in [4.78, 5) is 29.5. The number of fused-ring (bicyclic) bond motifs is 5. The Labute approximate surface area is 190 Å².